The topological polar surface area (TPSA) is 32.3 Å². The van der Waals surface area contributed by atoms with Crippen LogP contribution in [-0.2, 0) is 4.79 Å². The second-order valence-corrected chi connectivity index (χ2v) is 5.74. The quantitative estimate of drug-likeness (QED) is 0.770. The van der Waals surface area contributed by atoms with Crippen molar-refractivity contribution in [3.8, 4) is 0 Å². The van der Waals surface area contributed by atoms with E-state index in [1.165, 1.54) is 12.8 Å². The predicted octanol–water partition coefficient (Wildman–Crippen LogP) is 2.37. The summed E-state index contributed by atoms with van der Waals surface area (Å²) in [5.74, 6) is 1.89. The van der Waals surface area contributed by atoms with E-state index in [-0.39, 0.29) is 6.04 Å². The van der Waals surface area contributed by atoms with Gasteiger partial charge in [-0.05, 0) is 37.5 Å². The third-order valence-electron chi connectivity index (χ3n) is 4.23. The molecule has 0 spiro atoms. The van der Waals surface area contributed by atoms with E-state index in [0.717, 1.165) is 31.7 Å². The van der Waals surface area contributed by atoms with Gasteiger partial charge in [-0.15, -0.1) is 0 Å². The van der Waals surface area contributed by atoms with Gasteiger partial charge in [-0.3, -0.25) is 10.1 Å². The summed E-state index contributed by atoms with van der Waals surface area (Å²) in [6.07, 6.45) is 6.15. The van der Waals surface area contributed by atoms with E-state index in [1.807, 2.05) is 0 Å². The van der Waals surface area contributed by atoms with E-state index in [0.29, 0.717) is 18.0 Å². The largest absolute Gasteiger partial charge is 0.326 e. The van der Waals surface area contributed by atoms with E-state index in [2.05, 4.69) is 31.0 Å². The Morgan fingerprint density at radius 3 is 2.65 bits per heavy atom. The number of hydrogen-bond acceptors (Lipinski definition) is 2. The lowest BCUT2D eigenvalue weighted by molar-refractivity contribution is -0.130. The van der Waals surface area contributed by atoms with Crippen molar-refractivity contribution < 1.29 is 4.79 Å². The molecule has 17 heavy (non-hydrogen) atoms. The van der Waals surface area contributed by atoms with Gasteiger partial charge in [0.15, 0.2) is 0 Å². The molecule has 0 aromatic carbocycles. The normalized spacial score (nSPS) is 31.0. The molecule has 1 heterocycles. The Kier molecular flexibility index (Phi) is 4.08. The zero-order valence-electron chi connectivity index (χ0n) is 11.4. The molecule has 2 aliphatic rings. The summed E-state index contributed by atoms with van der Waals surface area (Å²) in [5, 5.41) is 3.48. The molecule has 0 bridgehead atoms. The number of rotatable bonds is 6. The molecular weight excluding hydrogens is 212 g/mol. The number of amides is 1. The van der Waals surface area contributed by atoms with Gasteiger partial charge in [-0.25, -0.2) is 0 Å². The predicted molar refractivity (Wildman–Crippen MR) is 69.5 cm³/mol. The van der Waals surface area contributed by atoms with Gasteiger partial charge in [0.2, 0.25) is 5.91 Å². The molecule has 3 unspecified atom stereocenters. The van der Waals surface area contributed by atoms with Crippen LogP contribution in [0.3, 0.4) is 0 Å². The zero-order valence-corrected chi connectivity index (χ0v) is 11.4. The maximum atomic E-state index is 12.3. The maximum Gasteiger partial charge on any atom is 0.241 e. The summed E-state index contributed by atoms with van der Waals surface area (Å²) in [4.78, 5) is 14.4. The summed E-state index contributed by atoms with van der Waals surface area (Å²) < 4.78 is 0. The van der Waals surface area contributed by atoms with Crippen molar-refractivity contribution >= 4 is 5.91 Å². The number of carbonyl (C=O) groups excluding carboxylic acids is 1. The van der Waals surface area contributed by atoms with Crippen LogP contribution in [0.2, 0.25) is 0 Å². The van der Waals surface area contributed by atoms with Gasteiger partial charge in [0.25, 0.3) is 0 Å². The Bertz CT molecular complexity index is 275. The van der Waals surface area contributed by atoms with Crippen molar-refractivity contribution in [3.63, 3.8) is 0 Å². The minimum atomic E-state index is 0.0675. The Morgan fingerprint density at radius 1 is 1.41 bits per heavy atom. The van der Waals surface area contributed by atoms with Crippen molar-refractivity contribution in [2.45, 2.75) is 65.1 Å². The molecule has 98 valence electrons. The lowest BCUT2D eigenvalue weighted by Crippen LogP contribution is -2.40. The van der Waals surface area contributed by atoms with Gasteiger partial charge in [-0.1, -0.05) is 27.2 Å². The Labute approximate surface area is 105 Å². The number of nitrogens with one attached hydrogen (secondary N) is 1. The van der Waals surface area contributed by atoms with E-state index in [4.69, 9.17) is 0 Å². The van der Waals surface area contributed by atoms with Gasteiger partial charge >= 0.3 is 0 Å². The van der Waals surface area contributed by atoms with Crippen molar-refractivity contribution in [2.24, 2.45) is 11.8 Å². The minimum Gasteiger partial charge on any atom is -0.326 e. The lowest BCUT2D eigenvalue weighted by atomic mass is 10.1. The van der Waals surface area contributed by atoms with Crippen molar-refractivity contribution in [1.82, 2.24) is 10.2 Å². The summed E-state index contributed by atoms with van der Waals surface area (Å²) in [6.45, 7) is 7.53. The second kappa shape index (κ2) is 5.38. The number of hydrogen-bond donors (Lipinski definition) is 1. The summed E-state index contributed by atoms with van der Waals surface area (Å²) in [6, 6.07) is 0.0675. The average molecular weight is 238 g/mol. The smallest absolute Gasteiger partial charge is 0.241 e. The highest BCUT2D eigenvalue weighted by molar-refractivity contribution is 5.84. The van der Waals surface area contributed by atoms with Crippen molar-refractivity contribution in [2.75, 3.05) is 6.54 Å². The van der Waals surface area contributed by atoms with Gasteiger partial charge in [0.05, 0.1) is 12.2 Å². The molecule has 1 N–H and O–H groups in total. The lowest BCUT2D eigenvalue weighted by Gasteiger charge is -2.27. The molecule has 0 radical (unpaired) electrons. The van der Waals surface area contributed by atoms with Gasteiger partial charge in [0, 0.05) is 6.54 Å². The van der Waals surface area contributed by atoms with Crippen LogP contribution in [0.5, 0.6) is 0 Å². The van der Waals surface area contributed by atoms with E-state index in [9.17, 15) is 4.79 Å². The SMILES string of the molecule is CCCC1NC(CC)C(=O)N1CC(C)C1CC1. The van der Waals surface area contributed by atoms with E-state index < -0.39 is 0 Å². The van der Waals surface area contributed by atoms with E-state index in [1.54, 1.807) is 0 Å². The first-order valence-corrected chi connectivity index (χ1v) is 7.23. The van der Waals surface area contributed by atoms with Crippen LogP contribution >= 0.6 is 0 Å². The van der Waals surface area contributed by atoms with Crippen LogP contribution in [-0.4, -0.2) is 29.6 Å². The Hall–Kier alpha value is -0.570. The average Bonchev–Trinajstić information content (AvgIpc) is 3.11. The Balaban J connectivity index is 1.96. The van der Waals surface area contributed by atoms with Crippen molar-refractivity contribution in [3.05, 3.63) is 0 Å². The molecule has 1 aliphatic heterocycles. The van der Waals surface area contributed by atoms with Crippen LogP contribution in [0, 0.1) is 11.8 Å². The molecule has 3 atom stereocenters. The van der Waals surface area contributed by atoms with E-state index >= 15 is 0 Å². The molecule has 3 nitrogen and oxygen atoms in total. The first kappa shape index (κ1) is 12.9. The van der Waals surface area contributed by atoms with Crippen LogP contribution < -0.4 is 5.32 Å². The fraction of sp³-hybridized carbons (Fsp3) is 0.929. The van der Waals surface area contributed by atoms with Crippen LogP contribution in [0.15, 0.2) is 0 Å². The zero-order chi connectivity index (χ0) is 12.4. The molecule has 1 amide bonds. The molecule has 3 heteroatoms. The second-order valence-electron chi connectivity index (χ2n) is 5.74. The molecule has 2 rings (SSSR count). The summed E-state index contributed by atoms with van der Waals surface area (Å²) in [5.41, 5.74) is 0. The van der Waals surface area contributed by atoms with Gasteiger partial charge in [0.1, 0.15) is 0 Å². The third-order valence-corrected chi connectivity index (χ3v) is 4.23. The number of nitrogens with zero attached hydrogens (tertiary/aromatic N) is 1. The van der Waals surface area contributed by atoms with Crippen LogP contribution in [0.25, 0.3) is 0 Å². The minimum absolute atomic E-state index is 0.0675. The molecule has 1 saturated carbocycles. The van der Waals surface area contributed by atoms with Crippen molar-refractivity contribution in [1.29, 1.82) is 0 Å². The standard InChI is InChI=1S/C14H26N2O/c1-4-6-13-15-12(5-2)14(17)16(13)9-10(3)11-7-8-11/h10-13,15H,4-9H2,1-3H3. The molecular formula is C14H26N2O. The molecule has 0 aromatic rings. The summed E-state index contributed by atoms with van der Waals surface area (Å²) in [7, 11) is 0. The van der Waals surface area contributed by atoms with Gasteiger partial charge < -0.3 is 4.90 Å². The first-order valence-electron chi connectivity index (χ1n) is 7.23. The Morgan fingerprint density at radius 2 is 2.12 bits per heavy atom. The highest BCUT2D eigenvalue weighted by atomic mass is 16.2. The first-order chi connectivity index (χ1) is 8.17. The molecule has 1 saturated heterocycles. The van der Waals surface area contributed by atoms with Gasteiger partial charge in [-0.2, -0.15) is 0 Å². The number of carbonyl (C=O) groups is 1. The van der Waals surface area contributed by atoms with Crippen LogP contribution in [0.1, 0.15) is 52.9 Å². The molecule has 2 fully saturated rings. The fourth-order valence-electron chi connectivity index (χ4n) is 2.89. The highest BCUT2D eigenvalue weighted by Crippen LogP contribution is 2.37. The summed E-state index contributed by atoms with van der Waals surface area (Å²) >= 11 is 0. The third kappa shape index (κ3) is 2.82. The molecule has 1 aliphatic carbocycles. The highest BCUT2D eigenvalue weighted by Gasteiger charge is 2.39. The maximum absolute atomic E-state index is 12.3. The monoisotopic (exact) mass is 238 g/mol. The van der Waals surface area contributed by atoms with Crippen LogP contribution in [0.4, 0.5) is 0 Å². The fourth-order valence-corrected chi connectivity index (χ4v) is 2.89. The molecule has 0 aromatic heterocycles.